The van der Waals surface area contributed by atoms with Gasteiger partial charge in [-0.15, -0.1) is 0 Å². The van der Waals surface area contributed by atoms with E-state index in [2.05, 4.69) is 5.32 Å². The topological polar surface area (TPSA) is 58.6 Å². The Labute approximate surface area is 101 Å². The van der Waals surface area contributed by atoms with Crippen molar-refractivity contribution in [3.8, 4) is 5.75 Å². The molecule has 0 amide bonds. The molecule has 92 valence electrons. The molecule has 1 aliphatic rings. The summed E-state index contributed by atoms with van der Waals surface area (Å²) in [5, 5.41) is 12.4. The van der Waals surface area contributed by atoms with Gasteiger partial charge in [-0.2, -0.15) is 0 Å². The highest BCUT2D eigenvalue weighted by atomic mass is 16.5. The maximum absolute atomic E-state index is 11.2. The molecule has 0 saturated carbocycles. The summed E-state index contributed by atoms with van der Waals surface area (Å²) in [6.07, 6.45) is 0.912. The Balaban J connectivity index is 1.92. The lowest BCUT2D eigenvalue weighted by Crippen LogP contribution is -2.30. The van der Waals surface area contributed by atoms with Crippen LogP contribution >= 0.6 is 0 Å². The van der Waals surface area contributed by atoms with Crippen LogP contribution < -0.4 is 10.1 Å². The van der Waals surface area contributed by atoms with Gasteiger partial charge in [0.2, 0.25) is 0 Å². The fraction of sp³-hybridized carbons (Fsp3) is 0.462. The predicted octanol–water partition coefficient (Wildman–Crippen LogP) is 1.38. The maximum atomic E-state index is 11.2. The second kappa shape index (κ2) is 5.68. The number of carbonyl (C=O) groups is 1. The van der Waals surface area contributed by atoms with Crippen molar-refractivity contribution in [3.05, 3.63) is 30.3 Å². The summed E-state index contributed by atoms with van der Waals surface area (Å²) < 4.78 is 5.53. The molecule has 4 heteroatoms. The Morgan fingerprint density at radius 1 is 1.47 bits per heavy atom. The summed E-state index contributed by atoms with van der Waals surface area (Å²) in [6.45, 7) is 1.92. The second-order valence-corrected chi connectivity index (χ2v) is 4.32. The van der Waals surface area contributed by atoms with E-state index in [1.807, 2.05) is 30.3 Å². The Kier molecular flexibility index (Phi) is 3.98. The van der Waals surface area contributed by atoms with Gasteiger partial charge in [-0.3, -0.25) is 4.79 Å². The minimum atomic E-state index is -0.769. The van der Waals surface area contributed by atoms with Crippen LogP contribution in [-0.4, -0.2) is 30.8 Å². The molecule has 2 atom stereocenters. The summed E-state index contributed by atoms with van der Waals surface area (Å²) >= 11 is 0. The zero-order chi connectivity index (χ0) is 12.1. The highest BCUT2D eigenvalue weighted by Crippen LogP contribution is 2.21. The Morgan fingerprint density at radius 3 is 2.82 bits per heavy atom. The lowest BCUT2D eigenvalue weighted by atomic mass is 9.92. The number of benzene rings is 1. The lowest BCUT2D eigenvalue weighted by molar-refractivity contribution is -0.144. The van der Waals surface area contributed by atoms with Gasteiger partial charge >= 0.3 is 5.97 Å². The van der Waals surface area contributed by atoms with E-state index in [1.165, 1.54) is 0 Å². The third-order valence-corrected chi connectivity index (χ3v) is 3.16. The zero-order valence-electron chi connectivity index (χ0n) is 9.63. The summed E-state index contributed by atoms with van der Waals surface area (Å²) in [6, 6.07) is 9.34. The van der Waals surface area contributed by atoms with Gasteiger partial charge in [0.05, 0.1) is 5.92 Å². The van der Waals surface area contributed by atoms with Crippen LogP contribution in [0.3, 0.4) is 0 Å². The standard InChI is InChI=1S/C13H17NO3/c15-13(16)12(10-6-7-14-8-10)9-17-11-4-2-1-3-5-11/h1-5,10,12,14H,6-9H2,(H,15,16). The third kappa shape index (κ3) is 3.20. The summed E-state index contributed by atoms with van der Waals surface area (Å²) in [7, 11) is 0. The van der Waals surface area contributed by atoms with Gasteiger partial charge in [-0.1, -0.05) is 18.2 Å². The van der Waals surface area contributed by atoms with Gasteiger partial charge in [0.25, 0.3) is 0 Å². The predicted molar refractivity (Wildman–Crippen MR) is 64.0 cm³/mol. The monoisotopic (exact) mass is 235 g/mol. The minimum Gasteiger partial charge on any atom is -0.493 e. The van der Waals surface area contributed by atoms with E-state index in [1.54, 1.807) is 0 Å². The lowest BCUT2D eigenvalue weighted by Gasteiger charge is -2.19. The van der Waals surface area contributed by atoms with Crippen molar-refractivity contribution in [2.45, 2.75) is 6.42 Å². The molecule has 2 unspecified atom stereocenters. The molecule has 1 fully saturated rings. The molecule has 0 radical (unpaired) electrons. The van der Waals surface area contributed by atoms with Crippen LogP contribution in [0, 0.1) is 11.8 Å². The van der Waals surface area contributed by atoms with Crippen LogP contribution in [0.25, 0.3) is 0 Å². The second-order valence-electron chi connectivity index (χ2n) is 4.32. The van der Waals surface area contributed by atoms with Gasteiger partial charge in [0, 0.05) is 0 Å². The quantitative estimate of drug-likeness (QED) is 0.809. The first-order chi connectivity index (χ1) is 8.27. The molecule has 1 aliphatic heterocycles. The number of hydrogen-bond acceptors (Lipinski definition) is 3. The van der Waals surface area contributed by atoms with Gasteiger partial charge in [-0.05, 0) is 37.6 Å². The largest absolute Gasteiger partial charge is 0.493 e. The zero-order valence-corrected chi connectivity index (χ0v) is 9.63. The Hall–Kier alpha value is -1.55. The van der Waals surface area contributed by atoms with E-state index < -0.39 is 11.9 Å². The normalized spacial score (nSPS) is 21.1. The molecule has 1 aromatic rings. The van der Waals surface area contributed by atoms with E-state index >= 15 is 0 Å². The molecular weight excluding hydrogens is 218 g/mol. The smallest absolute Gasteiger partial charge is 0.310 e. The van der Waals surface area contributed by atoms with Gasteiger partial charge in [0.15, 0.2) is 0 Å². The number of hydrogen-bond donors (Lipinski definition) is 2. The summed E-state index contributed by atoms with van der Waals surface area (Å²) in [4.78, 5) is 11.2. The van der Waals surface area contributed by atoms with Crippen molar-refractivity contribution in [2.75, 3.05) is 19.7 Å². The van der Waals surface area contributed by atoms with E-state index in [-0.39, 0.29) is 12.5 Å². The molecule has 1 aromatic carbocycles. The highest BCUT2D eigenvalue weighted by molar-refractivity contribution is 5.70. The number of rotatable bonds is 5. The Morgan fingerprint density at radius 2 is 2.24 bits per heavy atom. The number of para-hydroxylation sites is 1. The van der Waals surface area contributed by atoms with Crippen LogP contribution in [0.4, 0.5) is 0 Å². The van der Waals surface area contributed by atoms with Crippen LogP contribution in [0.1, 0.15) is 6.42 Å². The first kappa shape index (κ1) is 11.9. The van der Waals surface area contributed by atoms with Crippen LogP contribution in [-0.2, 0) is 4.79 Å². The molecule has 2 rings (SSSR count). The fourth-order valence-corrected chi connectivity index (χ4v) is 2.13. The van der Waals surface area contributed by atoms with Crippen molar-refractivity contribution in [2.24, 2.45) is 11.8 Å². The van der Waals surface area contributed by atoms with E-state index in [9.17, 15) is 9.90 Å². The molecule has 2 N–H and O–H groups in total. The van der Waals surface area contributed by atoms with Crippen molar-refractivity contribution >= 4 is 5.97 Å². The Bertz CT molecular complexity index is 360. The van der Waals surface area contributed by atoms with Crippen molar-refractivity contribution in [1.82, 2.24) is 5.32 Å². The highest BCUT2D eigenvalue weighted by Gasteiger charge is 2.31. The average molecular weight is 235 g/mol. The average Bonchev–Trinajstić information content (AvgIpc) is 2.84. The van der Waals surface area contributed by atoms with Crippen molar-refractivity contribution in [3.63, 3.8) is 0 Å². The van der Waals surface area contributed by atoms with Crippen LogP contribution in [0.15, 0.2) is 30.3 Å². The summed E-state index contributed by atoms with van der Waals surface area (Å²) in [5.74, 6) is -0.291. The molecule has 0 aromatic heterocycles. The molecule has 0 bridgehead atoms. The van der Waals surface area contributed by atoms with E-state index in [0.717, 1.165) is 25.3 Å². The van der Waals surface area contributed by atoms with Crippen LogP contribution in [0.2, 0.25) is 0 Å². The molecule has 0 aliphatic carbocycles. The molecule has 1 saturated heterocycles. The fourth-order valence-electron chi connectivity index (χ4n) is 2.13. The van der Waals surface area contributed by atoms with Crippen molar-refractivity contribution < 1.29 is 14.6 Å². The van der Waals surface area contributed by atoms with Gasteiger partial charge in [-0.25, -0.2) is 0 Å². The number of aliphatic carboxylic acids is 1. The van der Waals surface area contributed by atoms with E-state index in [0.29, 0.717) is 0 Å². The van der Waals surface area contributed by atoms with Crippen molar-refractivity contribution in [1.29, 1.82) is 0 Å². The summed E-state index contributed by atoms with van der Waals surface area (Å²) in [5.41, 5.74) is 0. The number of carboxylic acids is 1. The minimum absolute atomic E-state index is 0.177. The molecule has 4 nitrogen and oxygen atoms in total. The SMILES string of the molecule is O=C(O)C(COc1ccccc1)C1CCNC1. The third-order valence-electron chi connectivity index (χ3n) is 3.16. The van der Waals surface area contributed by atoms with E-state index in [4.69, 9.17) is 4.74 Å². The first-order valence-corrected chi connectivity index (χ1v) is 5.89. The molecule has 17 heavy (non-hydrogen) atoms. The number of ether oxygens (including phenoxy) is 1. The number of nitrogens with one attached hydrogen (secondary N) is 1. The first-order valence-electron chi connectivity index (χ1n) is 5.89. The molecule has 1 heterocycles. The van der Waals surface area contributed by atoms with Gasteiger partial charge in [0.1, 0.15) is 12.4 Å². The molecule has 0 spiro atoms. The van der Waals surface area contributed by atoms with Crippen LogP contribution in [0.5, 0.6) is 5.75 Å². The number of carboxylic acid groups (broad SMARTS) is 1. The maximum Gasteiger partial charge on any atom is 0.310 e. The molecular formula is C13H17NO3. The van der Waals surface area contributed by atoms with Gasteiger partial charge < -0.3 is 15.2 Å².